The summed E-state index contributed by atoms with van der Waals surface area (Å²) in [6.07, 6.45) is 4.80. The quantitative estimate of drug-likeness (QED) is 0.714. The van der Waals surface area contributed by atoms with Gasteiger partial charge in [-0.15, -0.1) is 11.6 Å². The third-order valence-corrected chi connectivity index (χ3v) is 3.17. The number of alkyl halides is 1. The summed E-state index contributed by atoms with van der Waals surface area (Å²) >= 11 is 5.29. The van der Waals surface area contributed by atoms with Crippen molar-refractivity contribution in [1.82, 2.24) is 10.6 Å². The Balaban J connectivity index is 1.78. The lowest BCUT2D eigenvalue weighted by Crippen LogP contribution is -2.46. The van der Waals surface area contributed by atoms with Gasteiger partial charge in [0.25, 0.3) is 0 Å². The van der Waals surface area contributed by atoms with E-state index in [4.69, 9.17) is 11.6 Å². The highest BCUT2D eigenvalue weighted by Crippen LogP contribution is 2.44. The molecule has 0 aromatic rings. The number of hydrogen-bond acceptors (Lipinski definition) is 2. The first-order valence-corrected chi connectivity index (χ1v) is 5.90. The number of rotatable bonds is 4. The number of carbonyl (C=O) groups excluding carboxylic acids is 2. The van der Waals surface area contributed by atoms with Crippen LogP contribution in [-0.2, 0) is 4.79 Å². The Morgan fingerprint density at radius 2 is 1.73 bits per heavy atom. The Morgan fingerprint density at radius 1 is 1.20 bits per heavy atom. The molecule has 0 aromatic carbocycles. The predicted molar refractivity (Wildman–Crippen MR) is 56.6 cm³/mol. The first-order chi connectivity index (χ1) is 7.20. The maximum Gasteiger partial charge on any atom is 0.321 e. The first kappa shape index (κ1) is 10.7. The van der Waals surface area contributed by atoms with Crippen molar-refractivity contribution in [3.05, 3.63) is 0 Å². The van der Waals surface area contributed by atoms with E-state index < -0.39 is 11.9 Å². The highest BCUT2D eigenvalue weighted by Gasteiger charge is 2.42. The topological polar surface area (TPSA) is 58.2 Å². The molecule has 15 heavy (non-hydrogen) atoms. The summed E-state index contributed by atoms with van der Waals surface area (Å²) in [7, 11) is 0. The highest BCUT2D eigenvalue weighted by molar-refractivity contribution is 6.28. The van der Waals surface area contributed by atoms with E-state index in [2.05, 4.69) is 10.6 Å². The Kier molecular flexibility index (Phi) is 3.14. The van der Waals surface area contributed by atoms with Gasteiger partial charge in [0.2, 0.25) is 5.91 Å². The van der Waals surface area contributed by atoms with Crippen LogP contribution in [0.1, 0.15) is 25.7 Å². The molecule has 0 saturated heterocycles. The van der Waals surface area contributed by atoms with E-state index in [1.165, 1.54) is 25.7 Å². The largest absolute Gasteiger partial charge is 0.335 e. The number of carbonyl (C=O) groups is 2. The van der Waals surface area contributed by atoms with Crippen LogP contribution in [0.25, 0.3) is 0 Å². The Morgan fingerprint density at radius 3 is 2.13 bits per heavy atom. The number of nitrogens with one attached hydrogen (secondary N) is 2. The van der Waals surface area contributed by atoms with Crippen LogP contribution >= 0.6 is 11.6 Å². The van der Waals surface area contributed by atoms with Crippen LogP contribution in [-0.4, -0.2) is 23.9 Å². The lowest BCUT2D eigenvalue weighted by Gasteiger charge is -2.17. The fraction of sp³-hybridized carbons (Fsp3) is 0.800. The van der Waals surface area contributed by atoms with Gasteiger partial charge in [0.15, 0.2) is 0 Å². The number of imide groups is 1. The van der Waals surface area contributed by atoms with Crippen LogP contribution < -0.4 is 10.6 Å². The molecule has 0 aliphatic heterocycles. The van der Waals surface area contributed by atoms with Crippen LogP contribution in [0.2, 0.25) is 0 Å². The fourth-order valence-electron chi connectivity index (χ4n) is 1.88. The van der Waals surface area contributed by atoms with Gasteiger partial charge in [-0.05, 0) is 37.5 Å². The number of amides is 3. The van der Waals surface area contributed by atoms with E-state index in [1.807, 2.05) is 0 Å². The molecule has 2 aliphatic rings. The zero-order valence-corrected chi connectivity index (χ0v) is 9.22. The van der Waals surface area contributed by atoms with Crippen molar-refractivity contribution < 1.29 is 9.59 Å². The smallest absolute Gasteiger partial charge is 0.321 e. The van der Waals surface area contributed by atoms with Gasteiger partial charge in [-0.1, -0.05) is 0 Å². The molecule has 2 N–H and O–H groups in total. The Hall–Kier alpha value is -0.770. The monoisotopic (exact) mass is 230 g/mol. The van der Waals surface area contributed by atoms with Gasteiger partial charge in [-0.2, -0.15) is 0 Å². The van der Waals surface area contributed by atoms with Crippen LogP contribution in [0.3, 0.4) is 0 Å². The summed E-state index contributed by atoms with van der Waals surface area (Å²) in [4.78, 5) is 22.3. The molecule has 2 fully saturated rings. The van der Waals surface area contributed by atoms with Crippen LogP contribution in [0.15, 0.2) is 0 Å². The molecule has 0 radical (unpaired) electrons. The standard InChI is InChI=1S/C10H15ClN2O2/c11-5-8(14)12-10(15)13-9(6-1-2-6)7-3-4-7/h6-7,9H,1-5H2,(H2,12,13,14,15). The fourth-order valence-corrected chi connectivity index (χ4v) is 1.95. The van der Waals surface area contributed by atoms with Gasteiger partial charge in [0.05, 0.1) is 0 Å². The molecule has 2 aliphatic carbocycles. The molecular weight excluding hydrogens is 216 g/mol. The summed E-state index contributed by atoms with van der Waals surface area (Å²) in [5.74, 6) is 0.647. The molecule has 0 spiro atoms. The van der Waals surface area contributed by atoms with Crippen LogP contribution in [0.4, 0.5) is 4.79 Å². The summed E-state index contributed by atoms with van der Waals surface area (Å²) in [6, 6.07) is -0.127. The molecule has 0 unspecified atom stereocenters. The number of hydrogen-bond donors (Lipinski definition) is 2. The lowest BCUT2D eigenvalue weighted by molar-refractivity contribution is -0.117. The minimum Gasteiger partial charge on any atom is -0.335 e. The zero-order chi connectivity index (χ0) is 10.8. The summed E-state index contributed by atoms with van der Waals surface area (Å²) in [5.41, 5.74) is 0. The minimum absolute atomic E-state index is 0.176. The van der Waals surface area contributed by atoms with Crippen LogP contribution in [0, 0.1) is 11.8 Å². The average Bonchev–Trinajstić information content (AvgIpc) is 3.02. The first-order valence-electron chi connectivity index (χ1n) is 5.37. The number of halogens is 1. The molecular formula is C10H15ClN2O2. The van der Waals surface area contributed by atoms with Crippen molar-refractivity contribution in [2.24, 2.45) is 11.8 Å². The van der Waals surface area contributed by atoms with Gasteiger partial charge >= 0.3 is 6.03 Å². The van der Waals surface area contributed by atoms with E-state index >= 15 is 0 Å². The molecule has 3 amide bonds. The van der Waals surface area contributed by atoms with E-state index in [1.54, 1.807) is 0 Å². The van der Waals surface area contributed by atoms with Gasteiger partial charge in [-0.25, -0.2) is 4.79 Å². The average molecular weight is 231 g/mol. The summed E-state index contributed by atoms with van der Waals surface area (Å²) < 4.78 is 0. The summed E-state index contributed by atoms with van der Waals surface area (Å²) in [5, 5.41) is 5.08. The maximum absolute atomic E-state index is 11.4. The molecule has 0 atom stereocenters. The van der Waals surface area contributed by atoms with Gasteiger partial charge in [0, 0.05) is 6.04 Å². The third-order valence-electron chi connectivity index (χ3n) is 2.93. The molecule has 4 nitrogen and oxygen atoms in total. The SMILES string of the molecule is O=C(CCl)NC(=O)NC(C1CC1)C1CC1. The van der Waals surface area contributed by atoms with Gasteiger partial charge in [-0.3, -0.25) is 10.1 Å². The van der Waals surface area contributed by atoms with Crippen molar-refractivity contribution in [3.63, 3.8) is 0 Å². The molecule has 2 rings (SSSR count). The normalized spacial score (nSPS) is 20.1. The van der Waals surface area contributed by atoms with Crippen LogP contribution in [0.5, 0.6) is 0 Å². The maximum atomic E-state index is 11.4. The van der Waals surface area contributed by atoms with Gasteiger partial charge < -0.3 is 5.32 Å². The highest BCUT2D eigenvalue weighted by atomic mass is 35.5. The van der Waals surface area contributed by atoms with E-state index in [9.17, 15) is 9.59 Å². The van der Waals surface area contributed by atoms with Gasteiger partial charge in [0.1, 0.15) is 5.88 Å². The number of urea groups is 1. The zero-order valence-electron chi connectivity index (χ0n) is 8.46. The molecule has 5 heteroatoms. The third kappa shape index (κ3) is 3.09. The van der Waals surface area contributed by atoms with Crippen molar-refractivity contribution in [2.75, 3.05) is 5.88 Å². The second-order valence-corrected chi connectivity index (χ2v) is 4.62. The second kappa shape index (κ2) is 4.39. The minimum atomic E-state index is -0.445. The molecule has 84 valence electrons. The van der Waals surface area contributed by atoms with Crippen molar-refractivity contribution >= 4 is 23.5 Å². The Labute approximate surface area is 93.7 Å². The van der Waals surface area contributed by atoms with Crippen molar-refractivity contribution in [2.45, 2.75) is 31.7 Å². The van der Waals surface area contributed by atoms with E-state index in [0.717, 1.165) is 0 Å². The van der Waals surface area contributed by atoms with E-state index in [0.29, 0.717) is 11.8 Å². The predicted octanol–water partition coefficient (Wildman–Crippen LogP) is 1.24. The molecule has 2 saturated carbocycles. The van der Waals surface area contributed by atoms with Crippen molar-refractivity contribution in [1.29, 1.82) is 0 Å². The second-order valence-electron chi connectivity index (χ2n) is 4.36. The molecule has 0 heterocycles. The molecule has 0 bridgehead atoms. The van der Waals surface area contributed by atoms with E-state index in [-0.39, 0.29) is 11.9 Å². The summed E-state index contributed by atoms with van der Waals surface area (Å²) in [6.45, 7) is 0. The lowest BCUT2D eigenvalue weighted by atomic mass is 10.1. The van der Waals surface area contributed by atoms with Crippen molar-refractivity contribution in [3.8, 4) is 0 Å². The Bertz CT molecular complexity index is 263. The molecule has 0 aromatic heterocycles.